The number of hydrogen-bond acceptors (Lipinski definition) is 2. The lowest BCUT2D eigenvalue weighted by Gasteiger charge is -2.08. The van der Waals surface area contributed by atoms with Gasteiger partial charge in [-0.2, -0.15) is 0 Å². The van der Waals surface area contributed by atoms with Crippen LogP contribution in [-0.2, 0) is 17.9 Å². The lowest BCUT2D eigenvalue weighted by molar-refractivity contribution is 0.0657. The van der Waals surface area contributed by atoms with Crippen molar-refractivity contribution >= 4 is 0 Å². The van der Waals surface area contributed by atoms with Crippen molar-refractivity contribution in [1.82, 2.24) is 5.32 Å². The molecule has 1 N–H and O–H groups in total. The first-order valence-corrected chi connectivity index (χ1v) is 6.17. The molecule has 1 aliphatic carbocycles. The van der Waals surface area contributed by atoms with Gasteiger partial charge in [0.2, 0.25) is 0 Å². The Balaban J connectivity index is 1.78. The van der Waals surface area contributed by atoms with Crippen LogP contribution in [-0.4, -0.2) is 12.1 Å². The smallest absolute Gasteiger partial charge is 0.0720 e. The van der Waals surface area contributed by atoms with Gasteiger partial charge in [0, 0.05) is 12.6 Å². The van der Waals surface area contributed by atoms with Crippen molar-refractivity contribution in [2.75, 3.05) is 0 Å². The average Bonchev–Trinajstić information content (AvgIpc) is 3.09. The van der Waals surface area contributed by atoms with Crippen molar-refractivity contribution in [3.05, 3.63) is 35.4 Å². The molecule has 0 aliphatic heterocycles. The van der Waals surface area contributed by atoms with Crippen LogP contribution in [0.1, 0.15) is 37.8 Å². The van der Waals surface area contributed by atoms with Crippen LogP contribution in [0.5, 0.6) is 0 Å². The number of benzene rings is 1. The predicted octanol–water partition coefficient (Wildman–Crippen LogP) is 2.86. The first kappa shape index (κ1) is 11.6. The van der Waals surface area contributed by atoms with Crippen LogP contribution in [0.3, 0.4) is 0 Å². The molecule has 0 bridgehead atoms. The third-order valence-corrected chi connectivity index (χ3v) is 2.78. The standard InChI is InChI=1S/C14H21NO/c1-11(2)16-10-13-5-3-12(4-6-13)9-15-14-7-8-14/h3-6,11,14-15H,7-10H2,1-2H3. The van der Waals surface area contributed by atoms with Crippen LogP contribution in [0.25, 0.3) is 0 Å². The molecule has 2 heteroatoms. The average molecular weight is 219 g/mol. The summed E-state index contributed by atoms with van der Waals surface area (Å²) in [5.41, 5.74) is 2.61. The molecule has 0 heterocycles. The second-order valence-corrected chi connectivity index (χ2v) is 4.83. The van der Waals surface area contributed by atoms with E-state index in [1.165, 1.54) is 24.0 Å². The van der Waals surface area contributed by atoms with E-state index in [1.54, 1.807) is 0 Å². The van der Waals surface area contributed by atoms with Gasteiger partial charge >= 0.3 is 0 Å². The van der Waals surface area contributed by atoms with Crippen LogP contribution in [0, 0.1) is 0 Å². The topological polar surface area (TPSA) is 21.3 Å². The Labute approximate surface area is 98.0 Å². The fourth-order valence-electron chi connectivity index (χ4n) is 1.57. The number of ether oxygens (including phenoxy) is 1. The van der Waals surface area contributed by atoms with Gasteiger partial charge in [0.15, 0.2) is 0 Å². The highest BCUT2D eigenvalue weighted by molar-refractivity contribution is 5.22. The maximum atomic E-state index is 5.56. The van der Waals surface area contributed by atoms with Crippen LogP contribution in [0.15, 0.2) is 24.3 Å². The van der Waals surface area contributed by atoms with Crippen molar-refractivity contribution in [2.45, 2.75) is 52.0 Å². The van der Waals surface area contributed by atoms with Gasteiger partial charge in [-0.3, -0.25) is 0 Å². The molecule has 1 fully saturated rings. The van der Waals surface area contributed by atoms with E-state index in [0.29, 0.717) is 12.7 Å². The maximum Gasteiger partial charge on any atom is 0.0720 e. The van der Waals surface area contributed by atoms with Gasteiger partial charge in [-0.15, -0.1) is 0 Å². The summed E-state index contributed by atoms with van der Waals surface area (Å²) in [4.78, 5) is 0. The normalized spacial score (nSPS) is 15.7. The van der Waals surface area contributed by atoms with E-state index in [0.717, 1.165) is 12.6 Å². The van der Waals surface area contributed by atoms with Gasteiger partial charge in [-0.1, -0.05) is 24.3 Å². The van der Waals surface area contributed by atoms with E-state index >= 15 is 0 Å². The molecule has 1 aromatic rings. The quantitative estimate of drug-likeness (QED) is 0.794. The third kappa shape index (κ3) is 3.95. The number of hydrogen-bond donors (Lipinski definition) is 1. The summed E-state index contributed by atoms with van der Waals surface area (Å²) >= 11 is 0. The molecule has 0 aromatic heterocycles. The third-order valence-electron chi connectivity index (χ3n) is 2.78. The van der Waals surface area contributed by atoms with Crippen LogP contribution in [0.2, 0.25) is 0 Å². The van der Waals surface area contributed by atoms with E-state index in [2.05, 4.69) is 43.4 Å². The van der Waals surface area contributed by atoms with E-state index in [1.807, 2.05) is 0 Å². The molecule has 0 amide bonds. The summed E-state index contributed by atoms with van der Waals surface area (Å²) in [5, 5.41) is 3.51. The Morgan fingerprint density at radius 2 is 1.81 bits per heavy atom. The predicted molar refractivity (Wildman–Crippen MR) is 66.2 cm³/mol. The van der Waals surface area contributed by atoms with E-state index in [4.69, 9.17) is 4.74 Å². The highest BCUT2D eigenvalue weighted by Crippen LogP contribution is 2.19. The van der Waals surface area contributed by atoms with Gasteiger partial charge in [0.1, 0.15) is 0 Å². The van der Waals surface area contributed by atoms with Crippen molar-refractivity contribution in [3.63, 3.8) is 0 Å². The molecule has 2 nitrogen and oxygen atoms in total. The van der Waals surface area contributed by atoms with Gasteiger partial charge in [0.25, 0.3) is 0 Å². The van der Waals surface area contributed by atoms with Gasteiger partial charge in [-0.25, -0.2) is 0 Å². The number of rotatable bonds is 6. The number of nitrogens with one attached hydrogen (secondary N) is 1. The minimum atomic E-state index is 0.302. The molecule has 0 unspecified atom stereocenters. The zero-order chi connectivity index (χ0) is 11.4. The maximum absolute atomic E-state index is 5.56. The van der Waals surface area contributed by atoms with Crippen LogP contribution >= 0.6 is 0 Å². The lowest BCUT2D eigenvalue weighted by Crippen LogP contribution is -2.15. The van der Waals surface area contributed by atoms with Gasteiger partial charge in [-0.05, 0) is 37.8 Å². The Hall–Kier alpha value is -0.860. The van der Waals surface area contributed by atoms with E-state index < -0.39 is 0 Å². The molecule has 16 heavy (non-hydrogen) atoms. The molecule has 0 spiro atoms. The summed E-state index contributed by atoms with van der Waals surface area (Å²) in [6, 6.07) is 9.48. The molecular formula is C14H21NO. The SMILES string of the molecule is CC(C)OCc1ccc(CNC2CC2)cc1. The fourth-order valence-corrected chi connectivity index (χ4v) is 1.57. The monoisotopic (exact) mass is 219 g/mol. The zero-order valence-electron chi connectivity index (χ0n) is 10.2. The van der Waals surface area contributed by atoms with Crippen molar-refractivity contribution < 1.29 is 4.74 Å². The summed E-state index contributed by atoms with van der Waals surface area (Å²) in [5.74, 6) is 0. The van der Waals surface area contributed by atoms with Crippen molar-refractivity contribution in [2.24, 2.45) is 0 Å². The summed E-state index contributed by atoms with van der Waals surface area (Å²) < 4.78 is 5.56. The van der Waals surface area contributed by atoms with Crippen LogP contribution in [0.4, 0.5) is 0 Å². The second kappa shape index (κ2) is 5.46. The Bertz CT molecular complexity index is 289. The highest BCUT2D eigenvalue weighted by Gasteiger charge is 2.19. The van der Waals surface area contributed by atoms with E-state index in [-0.39, 0.29) is 0 Å². The largest absolute Gasteiger partial charge is 0.374 e. The van der Waals surface area contributed by atoms with Gasteiger partial charge in [0.05, 0.1) is 12.7 Å². The molecule has 0 atom stereocenters. The summed E-state index contributed by atoms with van der Waals surface area (Å²) in [6.07, 6.45) is 3.00. The molecule has 1 saturated carbocycles. The minimum absolute atomic E-state index is 0.302. The fraction of sp³-hybridized carbons (Fsp3) is 0.571. The Morgan fingerprint density at radius 1 is 1.19 bits per heavy atom. The Kier molecular flexibility index (Phi) is 3.97. The first-order chi connectivity index (χ1) is 7.74. The summed E-state index contributed by atoms with van der Waals surface area (Å²) in [6.45, 7) is 5.84. The second-order valence-electron chi connectivity index (χ2n) is 4.83. The van der Waals surface area contributed by atoms with Gasteiger partial charge < -0.3 is 10.1 Å². The zero-order valence-corrected chi connectivity index (χ0v) is 10.2. The van der Waals surface area contributed by atoms with Crippen molar-refractivity contribution in [1.29, 1.82) is 0 Å². The Morgan fingerprint density at radius 3 is 2.38 bits per heavy atom. The molecule has 1 aromatic carbocycles. The van der Waals surface area contributed by atoms with Crippen molar-refractivity contribution in [3.8, 4) is 0 Å². The molecular weight excluding hydrogens is 198 g/mol. The summed E-state index contributed by atoms with van der Waals surface area (Å²) in [7, 11) is 0. The first-order valence-electron chi connectivity index (χ1n) is 6.17. The minimum Gasteiger partial charge on any atom is -0.374 e. The molecule has 0 saturated heterocycles. The molecule has 0 radical (unpaired) electrons. The van der Waals surface area contributed by atoms with E-state index in [9.17, 15) is 0 Å². The lowest BCUT2D eigenvalue weighted by atomic mass is 10.1. The van der Waals surface area contributed by atoms with Crippen LogP contribution < -0.4 is 5.32 Å². The molecule has 88 valence electrons. The highest BCUT2D eigenvalue weighted by atomic mass is 16.5. The molecule has 1 aliphatic rings. The molecule has 2 rings (SSSR count).